The molecule has 18 heavy (non-hydrogen) atoms. The monoisotopic (exact) mass is 247 g/mol. The lowest BCUT2D eigenvalue weighted by Gasteiger charge is -2.47. The number of piperazine rings is 3. The molecule has 0 radical (unpaired) electrons. The van der Waals surface area contributed by atoms with Crippen LogP contribution in [-0.2, 0) is 0 Å². The Morgan fingerprint density at radius 3 is 2.78 bits per heavy atom. The largest absolute Gasteiger partial charge is 0.307 e. The highest BCUT2D eigenvalue weighted by atomic mass is 15.3. The van der Waals surface area contributed by atoms with Gasteiger partial charge in [0.1, 0.15) is 0 Å². The first-order valence-electron chi connectivity index (χ1n) is 6.78. The van der Waals surface area contributed by atoms with Gasteiger partial charge in [0.05, 0.1) is 5.69 Å². The molecular formula is C13H21N5. The standard InChI is InChI=1S/C13H21N5/c1-11(13-9-14-2-3-15-13)16-8-12-10-17-4-6-18(12)7-5-17/h2-3,9,11-12,16H,4-8,10H2,1H3. The Morgan fingerprint density at radius 1 is 1.33 bits per heavy atom. The zero-order valence-electron chi connectivity index (χ0n) is 10.9. The summed E-state index contributed by atoms with van der Waals surface area (Å²) in [4.78, 5) is 13.6. The van der Waals surface area contributed by atoms with Crippen LogP contribution < -0.4 is 5.32 Å². The lowest BCUT2D eigenvalue weighted by molar-refractivity contribution is 0.0128. The summed E-state index contributed by atoms with van der Waals surface area (Å²) in [5.41, 5.74) is 1.02. The fraction of sp³-hybridized carbons (Fsp3) is 0.692. The fourth-order valence-electron chi connectivity index (χ4n) is 2.87. The molecule has 98 valence electrons. The van der Waals surface area contributed by atoms with Crippen molar-refractivity contribution in [2.75, 3.05) is 39.3 Å². The van der Waals surface area contributed by atoms with Crippen LogP contribution in [0.15, 0.2) is 18.6 Å². The van der Waals surface area contributed by atoms with Gasteiger partial charge in [-0.15, -0.1) is 0 Å². The third-order valence-corrected chi connectivity index (χ3v) is 4.08. The van der Waals surface area contributed by atoms with E-state index >= 15 is 0 Å². The number of nitrogens with one attached hydrogen (secondary N) is 1. The van der Waals surface area contributed by atoms with Crippen LogP contribution in [-0.4, -0.2) is 65.1 Å². The smallest absolute Gasteiger partial charge is 0.0753 e. The van der Waals surface area contributed by atoms with E-state index in [1.54, 1.807) is 12.4 Å². The van der Waals surface area contributed by atoms with E-state index in [4.69, 9.17) is 0 Å². The normalized spacial score (nSPS) is 32.4. The van der Waals surface area contributed by atoms with E-state index in [-0.39, 0.29) is 6.04 Å². The van der Waals surface area contributed by atoms with E-state index in [0.29, 0.717) is 6.04 Å². The molecule has 2 unspecified atom stereocenters. The van der Waals surface area contributed by atoms with E-state index < -0.39 is 0 Å². The molecule has 0 aromatic carbocycles. The second-order valence-electron chi connectivity index (χ2n) is 5.25. The number of fused-ring (bicyclic) bond motifs is 3. The molecule has 0 aliphatic carbocycles. The molecule has 3 fully saturated rings. The van der Waals surface area contributed by atoms with Gasteiger partial charge in [-0.3, -0.25) is 19.8 Å². The van der Waals surface area contributed by atoms with Crippen LogP contribution >= 0.6 is 0 Å². The molecule has 1 aromatic heterocycles. The van der Waals surface area contributed by atoms with Crippen molar-refractivity contribution in [1.29, 1.82) is 0 Å². The maximum absolute atomic E-state index is 4.34. The summed E-state index contributed by atoms with van der Waals surface area (Å²) in [7, 11) is 0. The minimum absolute atomic E-state index is 0.273. The molecular weight excluding hydrogens is 226 g/mol. The molecule has 0 saturated carbocycles. The van der Waals surface area contributed by atoms with E-state index in [1.165, 1.54) is 32.7 Å². The average molecular weight is 247 g/mol. The zero-order valence-corrected chi connectivity index (χ0v) is 10.9. The predicted octanol–water partition coefficient (Wildman–Crippen LogP) is 0.127. The Bertz CT molecular complexity index is 374. The maximum atomic E-state index is 4.34. The summed E-state index contributed by atoms with van der Waals surface area (Å²) in [6.07, 6.45) is 5.31. The Morgan fingerprint density at radius 2 is 2.17 bits per heavy atom. The maximum Gasteiger partial charge on any atom is 0.0753 e. The molecule has 4 heterocycles. The van der Waals surface area contributed by atoms with Crippen LogP contribution in [0, 0.1) is 0 Å². The van der Waals surface area contributed by atoms with Crippen LogP contribution in [0.4, 0.5) is 0 Å². The molecule has 3 aliphatic rings. The van der Waals surface area contributed by atoms with Crippen molar-refractivity contribution in [2.45, 2.75) is 19.0 Å². The van der Waals surface area contributed by atoms with Gasteiger partial charge in [-0.1, -0.05) is 0 Å². The number of nitrogens with zero attached hydrogens (tertiary/aromatic N) is 4. The van der Waals surface area contributed by atoms with Gasteiger partial charge >= 0.3 is 0 Å². The minimum atomic E-state index is 0.273. The van der Waals surface area contributed by atoms with Crippen molar-refractivity contribution < 1.29 is 0 Å². The molecule has 2 bridgehead atoms. The van der Waals surface area contributed by atoms with Crippen LogP contribution in [0.3, 0.4) is 0 Å². The topological polar surface area (TPSA) is 44.3 Å². The first-order chi connectivity index (χ1) is 8.83. The molecule has 2 atom stereocenters. The van der Waals surface area contributed by atoms with Crippen molar-refractivity contribution in [3.8, 4) is 0 Å². The third-order valence-electron chi connectivity index (χ3n) is 4.08. The molecule has 3 aliphatic heterocycles. The summed E-state index contributed by atoms with van der Waals surface area (Å²) in [5.74, 6) is 0. The first-order valence-corrected chi connectivity index (χ1v) is 6.78. The van der Waals surface area contributed by atoms with Crippen LogP contribution in [0.5, 0.6) is 0 Å². The Hall–Kier alpha value is -1.04. The van der Waals surface area contributed by atoms with Gasteiger partial charge in [-0.05, 0) is 6.92 Å². The Labute approximate surface area is 108 Å². The Kier molecular flexibility index (Phi) is 3.54. The van der Waals surface area contributed by atoms with Crippen molar-refractivity contribution in [1.82, 2.24) is 25.1 Å². The molecule has 1 aromatic rings. The highest BCUT2D eigenvalue weighted by Crippen LogP contribution is 2.16. The molecule has 5 heteroatoms. The van der Waals surface area contributed by atoms with Gasteiger partial charge in [0.25, 0.3) is 0 Å². The second-order valence-corrected chi connectivity index (χ2v) is 5.25. The van der Waals surface area contributed by atoms with Gasteiger partial charge in [-0.25, -0.2) is 0 Å². The zero-order chi connectivity index (χ0) is 12.4. The SMILES string of the molecule is CC(NCC1CN2CCN1CC2)c1cnccn1. The van der Waals surface area contributed by atoms with Gasteiger partial charge in [-0.2, -0.15) is 0 Å². The second kappa shape index (κ2) is 5.30. The van der Waals surface area contributed by atoms with Gasteiger partial charge in [0, 0.05) is 69.9 Å². The van der Waals surface area contributed by atoms with Crippen molar-refractivity contribution in [3.05, 3.63) is 24.3 Å². The lowest BCUT2D eigenvalue weighted by atomic mass is 10.1. The third kappa shape index (κ3) is 2.53. The van der Waals surface area contributed by atoms with Gasteiger partial charge < -0.3 is 5.32 Å². The highest BCUT2D eigenvalue weighted by molar-refractivity contribution is 5.01. The quantitative estimate of drug-likeness (QED) is 0.819. The number of rotatable bonds is 4. The van der Waals surface area contributed by atoms with Crippen molar-refractivity contribution in [2.24, 2.45) is 0 Å². The van der Waals surface area contributed by atoms with Crippen LogP contribution in [0.2, 0.25) is 0 Å². The molecule has 1 N–H and O–H groups in total. The van der Waals surface area contributed by atoms with E-state index in [2.05, 4.69) is 32.0 Å². The fourth-order valence-corrected chi connectivity index (χ4v) is 2.87. The number of aromatic nitrogens is 2. The average Bonchev–Trinajstić information content (AvgIpc) is 2.47. The van der Waals surface area contributed by atoms with E-state index in [0.717, 1.165) is 12.2 Å². The first kappa shape index (κ1) is 12.0. The number of hydrogen-bond acceptors (Lipinski definition) is 5. The lowest BCUT2D eigenvalue weighted by Crippen LogP contribution is -2.63. The van der Waals surface area contributed by atoms with Crippen molar-refractivity contribution in [3.63, 3.8) is 0 Å². The molecule has 3 saturated heterocycles. The minimum Gasteiger partial charge on any atom is -0.307 e. The summed E-state index contributed by atoms with van der Waals surface area (Å²) >= 11 is 0. The highest BCUT2D eigenvalue weighted by Gasteiger charge is 2.31. The summed E-state index contributed by atoms with van der Waals surface area (Å²) in [6.45, 7) is 9.35. The van der Waals surface area contributed by atoms with Crippen LogP contribution in [0.25, 0.3) is 0 Å². The Balaban J connectivity index is 1.52. The molecule has 5 nitrogen and oxygen atoms in total. The molecule has 4 rings (SSSR count). The predicted molar refractivity (Wildman–Crippen MR) is 70.3 cm³/mol. The van der Waals surface area contributed by atoms with Crippen LogP contribution in [0.1, 0.15) is 18.7 Å². The van der Waals surface area contributed by atoms with Gasteiger partial charge in [0.2, 0.25) is 0 Å². The van der Waals surface area contributed by atoms with E-state index in [1.807, 2.05) is 6.20 Å². The van der Waals surface area contributed by atoms with Crippen molar-refractivity contribution >= 4 is 0 Å². The number of hydrogen-bond donors (Lipinski definition) is 1. The molecule has 0 spiro atoms. The van der Waals surface area contributed by atoms with E-state index in [9.17, 15) is 0 Å². The summed E-state index contributed by atoms with van der Waals surface area (Å²) in [5, 5.41) is 3.58. The van der Waals surface area contributed by atoms with Gasteiger partial charge in [0.15, 0.2) is 0 Å². The molecule has 0 amide bonds. The summed E-state index contributed by atoms with van der Waals surface area (Å²) < 4.78 is 0. The summed E-state index contributed by atoms with van der Waals surface area (Å²) in [6, 6.07) is 0.932.